The molecule has 0 spiro atoms. The molecule has 0 unspecified atom stereocenters. The minimum Gasteiger partial charge on any atom is -0.391 e. The number of hydrogen-bond donors (Lipinski definition) is 1. The van der Waals surface area contributed by atoms with Gasteiger partial charge < -0.3 is 14.7 Å². The third kappa shape index (κ3) is 3.52. The number of aliphatic hydroxyl groups excluding tert-OH is 1. The van der Waals surface area contributed by atoms with Crippen LogP contribution < -0.4 is 0 Å². The van der Waals surface area contributed by atoms with Crippen LogP contribution in [0.1, 0.15) is 23.4 Å². The van der Waals surface area contributed by atoms with Crippen molar-refractivity contribution < 1.29 is 14.6 Å². The highest BCUT2D eigenvalue weighted by atomic mass is 32.1. The molecule has 1 aliphatic rings. The Balaban J connectivity index is 1.90. The Morgan fingerprint density at radius 3 is 3.11 bits per heavy atom. The molecule has 1 amide bonds. The van der Waals surface area contributed by atoms with Gasteiger partial charge in [-0.15, -0.1) is 11.3 Å². The fourth-order valence-electron chi connectivity index (χ4n) is 2.48. The number of likely N-dealkylation sites (tertiary alicyclic amines) is 1. The van der Waals surface area contributed by atoms with Crippen LogP contribution in [-0.4, -0.2) is 53.3 Å². The second-order valence-corrected chi connectivity index (χ2v) is 5.85. The van der Waals surface area contributed by atoms with Gasteiger partial charge in [-0.25, -0.2) is 4.98 Å². The SMILES string of the molecule is COC[C@H]1C[C@@H](O)CN1C(=O)CCc1scnc1C. The van der Waals surface area contributed by atoms with Crippen LogP contribution in [-0.2, 0) is 16.0 Å². The minimum absolute atomic E-state index is 0.00931. The standard InChI is InChI=1S/C13H20N2O3S/c1-9-12(19-8-14-9)3-4-13(17)15-6-11(16)5-10(15)7-18-2/h8,10-11,16H,3-7H2,1-2H3/t10-,11-/m1/s1. The zero-order valence-electron chi connectivity index (χ0n) is 11.3. The van der Waals surface area contributed by atoms with Crippen LogP contribution in [0.25, 0.3) is 0 Å². The van der Waals surface area contributed by atoms with Crippen molar-refractivity contribution >= 4 is 17.2 Å². The van der Waals surface area contributed by atoms with E-state index in [1.165, 1.54) is 0 Å². The van der Waals surface area contributed by atoms with Crippen LogP contribution in [0, 0.1) is 6.92 Å². The van der Waals surface area contributed by atoms with E-state index in [1.807, 2.05) is 12.4 Å². The van der Waals surface area contributed by atoms with E-state index in [-0.39, 0.29) is 11.9 Å². The molecular weight excluding hydrogens is 264 g/mol. The van der Waals surface area contributed by atoms with Gasteiger partial charge in [-0.3, -0.25) is 4.79 Å². The first-order valence-corrected chi connectivity index (χ1v) is 7.35. The van der Waals surface area contributed by atoms with Crippen molar-refractivity contribution in [1.82, 2.24) is 9.88 Å². The first-order chi connectivity index (χ1) is 9.11. The molecule has 2 rings (SSSR count). The predicted molar refractivity (Wildman–Crippen MR) is 73.2 cm³/mol. The fourth-order valence-corrected chi connectivity index (χ4v) is 3.26. The van der Waals surface area contributed by atoms with Crippen LogP contribution in [0.3, 0.4) is 0 Å². The van der Waals surface area contributed by atoms with Gasteiger partial charge in [-0.2, -0.15) is 0 Å². The zero-order valence-corrected chi connectivity index (χ0v) is 12.2. The summed E-state index contributed by atoms with van der Waals surface area (Å²) in [6.45, 7) is 2.88. The molecule has 19 heavy (non-hydrogen) atoms. The van der Waals surface area contributed by atoms with Crippen molar-refractivity contribution in [3.63, 3.8) is 0 Å². The van der Waals surface area contributed by atoms with E-state index in [2.05, 4.69) is 4.98 Å². The zero-order chi connectivity index (χ0) is 13.8. The summed E-state index contributed by atoms with van der Waals surface area (Å²) < 4.78 is 5.11. The smallest absolute Gasteiger partial charge is 0.223 e. The molecule has 1 aliphatic heterocycles. The maximum absolute atomic E-state index is 12.2. The van der Waals surface area contributed by atoms with Crippen LogP contribution in [0.2, 0.25) is 0 Å². The second kappa shape index (κ2) is 6.45. The number of rotatable bonds is 5. The number of β-amino-alcohol motifs (C(OH)–C–C–N with tert-alkyl or cyclic N) is 1. The van der Waals surface area contributed by atoms with E-state index in [9.17, 15) is 9.90 Å². The number of carbonyl (C=O) groups excluding carboxylic acids is 1. The lowest BCUT2D eigenvalue weighted by atomic mass is 10.2. The molecule has 6 heteroatoms. The predicted octanol–water partition coefficient (Wildman–Crippen LogP) is 0.992. The molecule has 0 saturated carbocycles. The fraction of sp³-hybridized carbons (Fsp3) is 0.692. The molecule has 1 N–H and O–H groups in total. The summed E-state index contributed by atoms with van der Waals surface area (Å²) in [7, 11) is 1.62. The highest BCUT2D eigenvalue weighted by Gasteiger charge is 2.33. The van der Waals surface area contributed by atoms with Crippen molar-refractivity contribution in [1.29, 1.82) is 0 Å². The van der Waals surface area contributed by atoms with E-state index in [0.29, 0.717) is 26.0 Å². The highest BCUT2D eigenvalue weighted by Crippen LogP contribution is 2.21. The summed E-state index contributed by atoms with van der Waals surface area (Å²) in [5.41, 5.74) is 2.82. The topological polar surface area (TPSA) is 62.7 Å². The van der Waals surface area contributed by atoms with Crippen molar-refractivity contribution in [3.8, 4) is 0 Å². The number of hydrogen-bond acceptors (Lipinski definition) is 5. The van der Waals surface area contributed by atoms with Crippen molar-refractivity contribution in [2.45, 2.75) is 38.3 Å². The molecule has 0 aromatic carbocycles. The lowest BCUT2D eigenvalue weighted by Crippen LogP contribution is -2.38. The Kier molecular flexibility index (Phi) is 4.90. The van der Waals surface area contributed by atoms with Gasteiger partial charge in [0, 0.05) is 25.0 Å². The first-order valence-electron chi connectivity index (χ1n) is 6.47. The molecule has 1 saturated heterocycles. The lowest BCUT2D eigenvalue weighted by molar-refractivity contribution is -0.133. The van der Waals surface area contributed by atoms with Gasteiger partial charge in [0.15, 0.2) is 0 Å². The Hall–Kier alpha value is -0.980. The van der Waals surface area contributed by atoms with Crippen LogP contribution in [0.5, 0.6) is 0 Å². The third-order valence-electron chi connectivity index (χ3n) is 3.48. The highest BCUT2D eigenvalue weighted by molar-refractivity contribution is 7.09. The average Bonchev–Trinajstić information content (AvgIpc) is 2.93. The maximum atomic E-state index is 12.2. The molecule has 0 bridgehead atoms. The van der Waals surface area contributed by atoms with E-state index in [1.54, 1.807) is 23.3 Å². The second-order valence-electron chi connectivity index (χ2n) is 4.91. The Labute approximate surface area is 117 Å². The maximum Gasteiger partial charge on any atom is 0.223 e. The van der Waals surface area contributed by atoms with E-state index < -0.39 is 6.10 Å². The molecule has 0 aliphatic carbocycles. The van der Waals surface area contributed by atoms with Crippen molar-refractivity contribution in [2.24, 2.45) is 0 Å². The summed E-state index contributed by atoms with van der Waals surface area (Å²) in [5, 5.41) is 9.68. The molecule has 2 atom stereocenters. The largest absolute Gasteiger partial charge is 0.391 e. The summed E-state index contributed by atoms with van der Waals surface area (Å²) in [6.07, 6.45) is 1.38. The van der Waals surface area contributed by atoms with Gasteiger partial charge in [-0.05, 0) is 19.8 Å². The van der Waals surface area contributed by atoms with E-state index >= 15 is 0 Å². The molecule has 2 heterocycles. The molecule has 106 valence electrons. The Bertz CT molecular complexity index is 435. The number of ether oxygens (including phenoxy) is 1. The lowest BCUT2D eigenvalue weighted by Gasteiger charge is -2.23. The summed E-state index contributed by atoms with van der Waals surface area (Å²) in [5.74, 6) is 0.0893. The first kappa shape index (κ1) is 14.4. The van der Waals surface area contributed by atoms with E-state index in [4.69, 9.17) is 4.74 Å². The van der Waals surface area contributed by atoms with Crippen molar-refractivity contribution in [3.05, 3.63) is 16.1 Å². The average molecular weight is 284 g/mol. The van der Waals surface area contributed by atoms with Gasteiger partial charge >= 0.3 is 0 Å². The summed E-state index contributed by atoms with van der Waals surface area (Å²) >= 11 is 1.59. The summed E-state index contributed by atoms with van der Waals surface area (Å²) in [6, 6.07) is 0.00931. The van der Waals surface area contributed by atoms with Crippen LogP contribution in [0.4, 0.5) is 0 Å². The number of aryl methyl sites for hydroxylation is 2. The molecule has 1 aromatic heterocycles. The van der Waals surface area contributed by atoms with Crippen molar-refractivity contribution in [2.75, 3.05) is 20.3 Å². The Morgan fingerprint density at radius 1 is 1.68 bits per heavy atom. The number of carbonyl (C=O) groups is 1. The third-order valence-corrected chi connectivity index (χ3v) is 4.48. The van der Waals surface area contributed by atoms with Gasteiger partial charge in [-0.1, -0.05) is 0 Å². The van der Waals surface area contributed by atoms with Gasteiger partial charge in [0.05, 0.1) is 30.0 Å². The van der Waals surface area contributed by atoms with Crippen LogP contribution in [0.15, 0.2) is 5.51 Å². The Morgan fingerprint density at radius 2 is 2.47 bits per heavy atom. The van der Waals surface area contributed by atoms with Gasteiger partial charge in [0.1, 0.15) is 0 Å². The number of aliphatic hydroxyl groups is 1. The van der Waals surface area contributed by atoms with E-state index in [0.717, 1.165) is 17.0 Å². The summed E-state index contributed by atoms with van der Waals surface area (Å²) in [4.78, 5) is 19.3. The molecule has 1 aromatic rings. The van der Waals surface area contributed by atoms with Gasteiger partial charge in [0.25, 0.3) is 0 Å². The number of methoxy groups -OCH3 is 1. The number of aromatic nitrogens is 1. The van der Waals surface area contributed by atoms with Crippen LogP contribution >= 0.6 is 11.3 Å². The molecule has 0 radical (unpaired) electrons. The molecule has 5 nitrogen and oxygen atoms in total. The quantitative estimate of drug-likeness (QED) is 0.876. The van der Waals surface area contributed by atoms with Gasteiger partial charge in [0.2, 0.25) is 5.91 Å². The molecular formula is C13H20N2O3S. The number of nitrogens with zero attached hydrogens (tertiary/aromatic N) is 2. The number of amides is 1. The minimum atomic E-state index is -0.422. The number of thiazole rings is 1. The monoisotopic (exact) mass is 284 g/mol. The molecule has 1 fully saturated rings. The normalized spacial score (nSPS) is 23.0.